The van der Waals surface area contributed by atoms with Crippen molar-refractivity contribution in [2.45, 2.75) is 45.3 Å². The molecule has 124 valence electrons. The summed E-state index contributed by atoms with van der Waals surface area (Å²) in [5.74, 6) is 0.910. The van der Waals surface area contributed by atoms with Gasteiger partial charge in [-0.05, 0) is 54.4 Å². The first kappa shape index (κ1) is 16.3. The van der Waals surface area contributed by atoms with Crippen molar-refractivity contribution in [3.05, 3.63) is 34.4 Å². The molecule has 0 aliphatic carbocycles. The number of aliphatic hydroxyl groups is 1. The van der Waals surface area contributed by atoms with Gasteiger partial charge in [-0.15, -0.1) is 0 Å². The summed E-state index contributed by atoms with van der Waals surface area (Å²) in [6, 6.07) is 3.88. The summed E-state index contributed by atoms with van der Waals surface area (Å²) >= 11 is 0. The summed E-state index contributed by atoms with van der Waals surface area (Å²) in [6.07, 6.45) is 3.87. The molecule has 0 amide bonds. The second kappa shape index (κ2) is 6.54. The molecule has 1 aromatic carbocycles. The smallest absolute Gasteiger partial charge is 0.150 e. The third-order valence-electron chi connectivity index (χ3n) is 5.32. The monoisotopic (exact) mass is 315 g/mol. The zero-order chi connectivity index (χ0) is 16.6. The van der Waals surface area contributed by atoms with Gasteiger partial charge in [-0.2, -0.15) is 0 Å². The Morgan fingerprint density at radius 2 is 1.96 bits per heavy atom. The summed E-state index contributed by atoms with van der Waals surface area (Å²) in [5, 5.41) is 10.6. The van der Waals surface area contributed by atoms with Crippen LogP contribution in [0.1, 0.15) is 64.6 Å². The second-order valence-electron chi connectivity index (χ2n) is 7.37. The van der Waals surface area contributed by atoms with Gasteiger partial charge in [0, 0.05) is 30.3 Å². The van der Waals surface area contributed by atoms with Crippen LogP contribution in [0.4, 0.5) is 0 Å². The van der Waals surface area contributed by atoms with Gasteiger partial charge in [0.25, 0.3) is 0 Å². The molecule has 0 spiro atoms. The average molecular weight is 315 g/mol. The fraction of sp³-hybridized carbons (Fsp3) is 0.579. The minimum absolute atomic E-state index is 0.163. The molecule has 0 saturated carbocycles. The molecule has 0 unspecified atom stereocenters. The second-order valence-corrected chi connectivity index (χ2v) is 7.37. The van der Waals surface area contributed by atoms with Gasteiger partial charge >= 0.3 is 0 Å². The third-order valence-corrected chi connectivity index (χ3v) is 5.32. The maximum atomic E-state index is 11.2. The number of carbonyl (C=O) groups excluding carboxylic acids is 2. The predicted molar refractivity (Wildman–Crippen MR) is 88.8 cm³/mol. The van der Waals surface area contributed by atoms with Crippen LogP contribution in [-0.2, 0) is 6.42 Å². The zero-order valence-corrected chi connectivity index (χ0v) is 13.9. The molecule has 3 rings (SSSR count). The fourth-order valence-corrected chi connectivity index (χ4v) is 4.22. The third kappa shape index (κ3) is 3.10. The van der Waals surface area contributed by atoms with Gasteiger partial charge in [-0.25, -0.2) is 0 Å². The average Bonchev–Trinajstić information content (AvgIpc) is 2.53. The SMILES string of the molecule is CC(C)C[C@@H]1CN2CCc3cc(C=O)c(C=O)cc3[C@@H]2C[C@H]1O. The van der Waals surface area contributed by atoms with Crippen molar-refractivity contribution in [3.63, 3.8) is 0 Å². The molecule has 4 heteroatoms. The van der Waals surface area contributed by atoms with Crippen LogP contribution in [0.25, 0.3) is 0 Å². The number of fused-ring (bicyclic) bond motifs is 3. The summed E-state index contributed by atoms with van der Waals surface area (Å²) in [4.78, 5) is 24.8. The van der Waals surface area contributed by atoms with Gasteiger partial charge in [0.2, 0.25) is 0 Å². The highest BCUT2D eigenvalue weighted by atomic mass is 16.3. The van der Waals surface area contributed by atoms with Gasteiger partial charge in [0.1, 0.15) is 0 Å². The number of benzene rings is 1. The van der Waals surface area contributed by atoms with Crippen molar-refractivity contribution in [1.82, 2.24) is 4.90 Å². The van der Waals surface area contributed by atoms with Crippen LogP contribution in [0, 0.1) is 11.8 Å². The lowest BCUT2D eigenvalue weighted by Crippen LogP contribution is -2.48. The molecule has 2 aliphatic heterocycles. The Hall–Kier alpha value is -1.52. The summed E-state index contributed by atoms with van der Waals surface area (Å²) in [5.41, 5.74) is 3.19. The molecule has 2 heterocycles. The van der Waals surface area contributed by atoms with Crippen LogP contribution in [0.2, 0.25) is 0 Å². The first-order valence-corrected chi connectivity index (χ1v) is 8.52. The van der Waals surface area contributed by atoms with Crippen LogP contribution in [-0.4, -0.2) is 41.8 Å². The normalized spacial score (nSPS) is 27.4. The molecular weight excluding hydrogens is 290 g/mol. The van der Waals surface area contributed by atoms with Gasteiger partial charge in [0.05, 0.1) is 6.10 Å². The fourth-order valence-electron chi connectivity index (χ4n) is 4.22. The van der Waals surface area contributed by atoms with Gasteiger partial charge in [-0.1, -0.05) is 13.8 Å². The van der Waals surface area contributed by atoms with Crippen LogP contribution in [0.15, 0.2) is 12.1 Å². The lowest BCUT2D eigenvalue weighted by Gasteiger charge is -2.46. The lowest BCUT2D eigenvalue weighted by molar-refractivity contribution is -0.0191. The summed E-state index contributed by atoms with van der Waals surface area (Å²) in [6.45, 7) is 6.26. The number of aldehydes is 2. The standard InChI is InChI=1S/C19H25NO3/c1-12(2)5-14-9-20-4-3-13-6-15(10-21)16(11-22)7-17(13)18(20)8-19(14)23/h6-7,10-12,14,18-19,23H,3-5,8-9H2,1-2H3/t14-,18+,19-/m1/s1. The van der Waals surface area contributed by atoms with E-state index in [4.69, 9.17) is 0 Å². The Balaban J connectivity index is 1.90. The largest absolute Gasteiger partial charge is 0.393 e. The molecule has 2 aliphatic rings. The van der Waals surface area contributed by atoms with Crippen LogP contribution in [0.5, 0.6) is 0 Å². The lowest BCUT2D eigenvalue weighted by atomic mass is 9.78. The van der Waals surface area contributed by atoms with Crippen molar-refractivity contribution in [2.24, 2.45) is 11.8 Å². The number of hydrogen-bond acceptors (Lipinski definition) is 4. The zero-order valence-electron chi connectivity index (χ0n) is 13.9. The Morgan fingerprint density at radius 1 is 1.26 bits per heavy atom. The number of piperidine rings is 1. The highest BCUT2D eigenvalue weighted by Crippen LogP contribution is 2.40. The minimum atomic E-state index is -0.296. The molecule has 1 aromatic rings. The maximum Gasteiger partial charge on any atom is 0.150 e. The first-order valence-electron chi connectivity index (χ1n) is 8.52. The Bertz CT molecular complexity index is 611. The Morgan fingerprint density at radius 3 is 2.61 bits per heavy atom. The van der Waals surface area contributed by atoms with Crippen LogP contribution >= 0.6 is 0 Å². The molecule has 1 saturated heterocycles. The van der Waals surface area contributed by atoms with E-state index in [1.165, 1.54) is 0 Å². The molecular formula is C19H25NO3. The molecule has 1 fully saturated rings. The number of nitrogens with zero attached hydrogens (tertiary/aromatic N) is 1. The molecule has 0 bridgehead atoms. The number of aliphatic hydroxyl groups excluding tert-OH is 1. The highest BCUT2D eigenvalue weighted by molar-refractivity contribution is 5.91. The van der Waals surface area contributed by atoms with E-state index < -0.39 is 0 Å². The van der Waals surface area contributed by atoms with E-state index in [0.717, 1.165) is 49.6 Å². The van der Waals surface area contributed by atoms with Crippen LogP contribution < -0.4 is 0 Å². The Labute approximate surface area is 137 Å². The highest BCUT2D eigenvalue weighted by Gasteiger charge is 2.38. The van der Waals surface area contributed by atoms with E-state index >= 15 is 0 Å². The minimum Gasteiger partial charge on any atom is -0.393 e. The van der Waals surface area contributed by atoms with E-state index in [0.29, 0.717) is 29.4 Å². The number of hydrogen-bond donors (Lipinski definition) is 1. The van der Waals surface area contributed by atoms with E-state index in [1.807, 2.05) is 12.1 Å². The summed E-state index contributed by atoms with van der Waals surface area (Å²) in [7, 11) is 0. The van der Waals surface area contributed by atoms with E-state index in [1.54, 1.807) is 0 Å². The predicted octanol–water partition coefficient (Wildman–Crippen LogP) is 2.64. The Kier molecular flexibility index (Phi) is 4.64. The molecule has 0 radical (unpaired) electrons. The number of carbonyl (C=O) groups is 2. The molecule has 1 N–H and O–H groups in total. The molecule has 23 heavy (non-hydrogen) atoms. The number of rotatable bonds is 4. The maximum absolute atomic E-state index is 11.2. The molecule has 0 aromatic heterocycles. The molecule has 4 nitrogen and oxygen atoms in total. The van der Waals surface area contributed by atoms with Gasteiger partial charge in [0.15, 0.2) is 12.6 Å². The van der Waals surface area contributed by atoms with Crippen molar-refractivity contribution >= 4 is 12.6 Å². The van der Waals surface area contributed by atoms with Crippen molar-refractivity contribution in [2.75, 3.05) is 13.1 Å². The van der Waals surface area contributed by atoms with Crippen molar-refractivity contribution in [3.8, 4) is 0 Å². The molecule has 3 atom stereocenters. The van der Waals surface area contributed by atoms with E-state index in [-0.39, 0.29) is 12.1 Å². The van der Waals surface area contributed by atoms with Gasteiger partial charge < -0.3 is 5.11 Å². The van der Waals surface area contributed by atoms with Gasteiger partial charge in [-0.3, -0.25) is 14.5 Å². The quantitative estimate of drug-likeness (QED) is 0.868. The first-order chi connectivity index (χ1) is 11.0. The van der Waals surface area contributed by atoms with Crippen molar-refractivity contribution < 1.29 is 14.7 Å². The summed E-state index contributed by atoms with van der Waals surface area (Å²) < 4.78 is 0. The van der Waals surface area contributed by atoms with Crippen molar-refractivity contribution in [1.29, 1.82) is 0 Å². The van der Waals surface area contributed by atoms with E-state index in [2.05, 4.69) is 18.7 Å². The van der Waals surface area contributed by atoms with E-state index in [9.17, 15) is 14.7 Å². The topological polar surface area (TPSA) is 57.6 Å². The van der Waals surface area contributed by atoms with Crippen LogP contribution in [0.3, 0.4) is 0 Å².